The van der Waals surface area contributed by atoms with Gasteiger partial charge in [-0.05, 0) is 99.2 Å². The topological polar surface area (TPSA) is 131 Å². The molecule has 234 valence electrons. The maximum Gasteiger partial charge on any atom is 0.471 e. The Bertz CT molecular complexity index is 1270. The lowest BCUT2D eigenvalue weighted by Crippen LogP contribution is -2.65. The SMILES string of the molecule is CC1(C)[C@@H]2[C@@H](C(=O)N[C@H](C#N)C[C@@H]3CC4(CC4)NC3=O)N(C(=O)C(NC(=O)C(F)(F)F)C34CC5CC(CC(C5)C3)C4)C[C@@H]21. The minimum atomic E-state index is -5.14. The van der Waals surface area contributed by atoms with Crippen molar-refractivity contribution >= 4 is 23.6 Å². The molecule has 8 aliphatic rings. The summed E-state index contributed by atoms with van der Waals surface area (Å²) < 4.78 is 40.7. The van der Waals surface area contributed by atoms with Crippen LogP contribution in [-0.2, 0) is 19.2 Å². The number of nitriles is 1. The van der Waals surface area contributed by atoms with Gasteiger partial charge in [0.05, 0.1) is 6.07 Å². The van der Waals surface area contributed by atoms with Gasteiger partial charge in [-0.2, -0.15) is 18.4 Å². The zero-order valence-corrected chi connectivity index (χ0v) is 24.6. The molecular formula is C31H40F3N5O4. The van der Waals surface area contributed by atoms with Gasteiger partial charge < -0.3 is 20.9 Å². The number of hydrogen-bond acceptors (Lipinski definition) is 5. The number of nitrogens with zero attached hydrogens (tertiary/aromatic N) is 2. The van der Waals surface area contributed by atoms with Gasteiger partial charge in [0.1, 0.15) is 18.1 Å². The van der Waals surface area contributed by atoms with Crippen molar-refractivity contribution in [2.75, 3.05) is 6.54 Å². The number of rotatable bonds is 7. The first-order chi connectivity index (χ1) is 20.1. The third kappa shape index (κ3) is 4.71. The molecule has 6 aliphatic carbocycles. The number of fused-ring (bicyclic) bond motifs is 1. The number of hydrogen-bond donors (Lipinski definition) is 3. The van der Waals surface area contributed by atoms with Crippen molar-refractivity contribution < 1.29 is 32.3 Å². The lowest BCUT2D eigenvalue weighted by molar-refractivity contribution is -0.179. The summed E-state index contributed by atoms with van der Waals surface area (Å²) in [6, 6.07) is -1.17. The summed E-state index contributed by atoms with van der Waals surface area (Å²) in [7, 11) is 0. The van der Waals surface area contributed by atoms with E-state index in [0.717, 1.165) is 32.1 Å². The number of carbonyl (C=O) groups is 4. The smallest absolute Gasteiger partial charge is 0.350 e. The van der Waals surface area contributed by atoms with Crippen molar-refractivity contribution in [3.63, 3.8) is 0 Å². The molecule has 1 unspecified atom stereocenters. The van der Waals surface area contributed by atoms with Gasteiger partial charge in [-0.1, -0.05) is 13.8 Å². The van der Waals surface area contributed by atoms with E-state index in [-0.39, 0.29) is 41.7 Å². The van der Waals surface area contributed by atoms with Crippen molar-refractivity contribution in [3.8, 4) is 6.07 Å². The third-order valence-corrected chi connectivity index (χ3v) is 12.5. The van der Waals surface area contributed by atoms with Gasteiger partial charge >= 0.3 is 12.1 Å². The highest BCUT2D eigenvalue weighted by atomic mass is 19.4. The van der Waals surface area contributed by atoms with Crippen LogP contribution >= 0.6 is 0 Å². The average molecular weight is 604 g/mol. The quantitative estimate of drug-likeness (QED) is 0.412. The fourth-order valence-corrected chi connectivity index (χ4v) is 10.5. The normalized spacial score (nSPS) is 40.3. The molecule has 3 N–H and O–H groups in total. The van der Waals surface area contributed by atoms with Crippen molar-refractivity contribution in [2.45, 2.75) is 108 Å². The predicted octanol–water partition coefficient (Wildman–Crippen LogP) is 2.80. The first-order valence-corrected chi connectivity index (χ1v) is 15.8. The van der Waals surface area contributed by atoms with Gasteiger partial charge in [-0.15, -0.1) is 0 Å². The molecule has 6 saturated carbocycles. The molecular weight excluding hydrogens is 563 g/mol. The first-order valence-electron chi connectivity index (χ1n) is 15.8. The van der Waals surface area contributed by atoms with Gasteiger partial charge in [-0.3, -0.25) is 19.2 Å². The minimum absolute atomic E-state index is 0.0154. The van der Waals surface area contributed by atoms with Crippen LogP contribution in [0.3, 0.4) is 0 Å². The molecule has 8 rings (SSSR count). The van der Waals surface area contributed by atoms with Crippen molar-refractivity contribution in [2.24, 2.45) is 46.3 Å². The van der Waals surface area contributed by atoms with Crippen LogP contribution in [0.2, 0.25) is 0 Å². The highest BCUT2D eigenvalue weighted by Crippen LogP contribution is 2.66. The lowest BCUT2D eigenvalue weighted by Gasteiger charge is -2.59. The van der Waals surface area contributed by atoms with Crippen LogP contribution in [0.4, 0.5) is 13.2 Å². The second kappa shape index (κ2) is 9.33. The van der Waals surface area contributed by atoms with Crippen molar-refractivity contribution in [3.05, 3.63) is 0 Å². The number of carbonyl (C=O) groups excluding carboxylic acids is 4. The largest absolute Gasteiger partial charge is 0.471 e. The van der Waals surface area contributed by atoms with Gasteiger partial charge in [0.2, 0.25) is 17.7 Å². The molecule has 43 heavy (non-hydrogen) atoms. The third-order valence-electron chi connectivity index (χ3n) is 12.5. The number of nitrogens with one attached hydrogen (secondary N) is 3. The van der Waals surface area contributed by atoms with Crippen LogP contribution < -0.4 is 16.0 Å². The fourth-order valence-electron chi connectivity index (χ4n) is 10.5. The van der Waals surface area contributed by atoms with Crippen molar-refractivity contribution in [1.29, 1.82) is 5.26 Å². The average Bonchev–Trinajstić information content (AvgIpc) is 3.63. The van der Waals surface area contributed by atoms with E-state index in [0.29, 0.717) is 43.4 Å². The summed E-state index contributed by atoms with van der Waals surface area (Å²) in [6.45, 7) is 4.22. The summed E-state index contributed by atoms with van der Waals surface area (Å²) in [6.07, 6.45) is 2.27. The minimum Gasteiger partial charge on any atom is -0.350 e. The molecule has 0 aromatic rings. The van der Waals surface area contributed by atoms with Gasteiger partial charge in [0.15, 0.2) is 0 Å². The van der Waals surface area contributed by atoms with Crippen LogP contribution in [0.1, 0.15) is 78.1 Å². The second-order valence-corrected chi connectivity index (χ2v) is 15.7. The van der Waals surface area contributed by atoms with E-state index in [1.54, 1.807) is 0 Å². The van der Waals surface area contributed by atoms with Crippen LogP contribution in [0.25, 0.3) is 0 Å². The predicted molar refractivity (Wildman–Crippen MR) is 145 cm³/mol. The highest BCUT2D eigenvalue weighted by Gasteiger charge is 2.70. The molecule has 2 heterocycles. The monoisotopic (exact) mass is 603 g/mol. The van der Waals surface area contributed by atoms with Crippen LogP contribution in [-0.4, -0.2) is 64.9 Å². The van der Waals surface area contributed by atoms with Gasteiger partial charge in [0, 0.05) is 23.4 Å². The molecule has 2 saturated heterocycles. The lowest BCUT2D eigenvalue weighted by atomic mass is 9.47. The highest BCUT2D eigenvalue weighted by molar-refractivity contribution is 5.95. The molecule has 6 atom stereocenters. The number of amides is 4. The Balaban J connectivity index is 1.13. The molecule has 4 amide bonds. The van der Waals surface area contributed by atoms with Gasteiger partial charge in [0.25, 0.3) is 0 Å². The van der Waals surface area contributed by atoms with Crippen LogP contribution in [0.15, 0.2) is 0 Å². The Labute approximate surface area is 249 Å². The number of halogens is 3. The molecule has 0 aromatic carbocycles. The number of alkyl halides is 3. The molecule has 0 aromatic heterocycles. The van der Waals surface area contributed by atoms with E-state index in [1.165, 1.54) is 4.90 Å². The summed E-state index contributed by atoms with van der Waals surface area (Å²) in [4.78, 5) is 54.5. The zero-order chi connectivity index (χ0) is 30.7. The first kappa shape index (κ1) is 28.9. The maximum absolute atomic E-state index is 14.4. The Morgan fingerprint density at radius 3 is 2.16 bits per heavy atom. The van der Waals surface area contributed by atoms with E-state index in [4.69, 9.17) is 0 Å². The van der Waals surface area contributed by atoms with Crippen LogP contribution in [0, 0.1) is 57.7 Å². The van der Waals surface area contributed by atoms with E-state index in [9.17, 15) is 37.6 Å². The number of piperidine rings is 1. The van der Waals surface area contributed by atoms with Gasteiger partial charge in [-0.25, -0.2) is 0 Å². The molecule has 9 nitrogen and oxygen atoms in total. The molecule has 0 radical (unpaired) electrons. The zero-order valence-electron chi connectivity index (χ0n) is 24.6. The summed E-state index contributed by atoms with van der Waals surface area (Å²) >= 11 is 0. The maximum atomic E-state index is 14.4. The van der Waals surface area contributed by atoms with Crippen molar-refractivity contribution in [1.82, 2.24) is 20.9 Å². The Hall–Kier alpha value is -2.84. The Morgan fingerprint density at radius 1 is 1.05 bits per heavy atom. The molecule has 8 fully saturated rings. The second-order valence-electron chi connectivity index (χ2n) is 15.7. The Kier molecular flexibility index (Phi) is 6.27. The Morgan fingerprint density at radius 2 is 1.65 bits per heavy atom. The van der Waals surface area contributed by atoms with E-state index in [1.807, 2.05) is 13.8 Å². The molecule has 12 heteroatoms. The molecule has 1 spiro atoms. The standard InChI is InChI=1S/C31H40F3N5O4/c1-28(2)20-14-39(22(21(20)28)25(41)36-19(13-35)8-18-12-30(3-4-30)38-24(18)40)26(42)23(37-27(43)31(32,33)34)29-9-15-5-16(10-29)7-17(6-15)11-29/h15-23H,3-12,14H2,1-2H3,(H,36,41)(H,37,43)(H,38,40)/t15?,16?,17?,18-,19+,20+,21+,22+,23?,29?/m1/s1. The summed E-state index contributed by atoms with van der Waals surface area (Å²) in [5.74, 6) is -3.03. The molecule has 2 aliphatic heterocycles. The van der Waals surface area contributed by atoms with E-state index >= 15 is 0 Å². The van der Waals surface area contributed by atoms with E-state index in [2.05, 4.69) is 22.0 Å². The van der Waals surface area contributed by atoms with E-state index < -0.39 is 53.4 Å². The summed E-state index contributed by atoms with van der Waals surface area (Å²) in [5.41, 5.74) is -1.19. The fraction of sp³-hybridized carbons (Fsp3) is 0.839. The summed E-state index contributed by atoms with van der Waals surface area (Å²) in [5, 5.41) is 17.8. The molecule has 4 bridgehead atoms. The number of likely N-dealkylation sites (tertiary alicyclic amines) is 1. The van der Waals surface area contributed by atoms with Crippen LogP contribution in [0.5, 0.6) is 0 Å².